The van der Waals surface area contributed by atoms with Crippen molar-refractivity contribution in [2.75, 3.05) is 39.3 Å². The first-order valence-electron chi connectivity index (χ1n) is 10.5. The number of nitrogens with zero attached hydrogens (tertiary/aromatic N) is 5. The van der Waals surface area contributed by atoms with Gasteiger partial charge in [0.2, 0.25) is 0 Å². The highest BCUT2D eigenvalue weighted by Gasteiger charge is 2.43. The van der Waals surface area contributed by atoms with Crippen LogP contribution in [-0.2, 0) is 6.42 Å². The standard InChI is InChI=1S/C21H29N5O2S/c1-4-17-22-21-26(23-17)20(27)19(29-21)18(25-13-11-24(5-2)12-14-25)15-7-9-16(10-8-15)28-6-3/h7-10,18-19H,4-6,11-14H2,1-3H3. The first-order chi connectivity index (χ1) is 14.1. The Hall–Kier alpha value is -1.90. The first kappa shape index (κ1) is 20.4. The number of benzene rings is 1. The Morgan fingerprint density at radius 2 is 1.86 bits per heavy atom. The Kier molecular flexibility index (Phi) is 6.22. The summed E-state index contributed by atoms with van der Waals surface area (Å²) in [5, 5.41) is 4.90. The van der Waals surface area contributed by atoms with Gasteiger partial charge < -0.3 is 9.64 Å². The van der Waals surface area contributed by atoms with Gasteiger partial charge in [-0.1, -0.05) is 37.7 Å². The van der Waals surface area contributed by atoms with Gasteiger partial charge in [-0.3, -0.25) is 9.69 Å². The fourth-order valence-corrected chi connectivity index (χ4v) is 5.33. The molecule has 2 atom stereocenters. The molecular weight excluding hydrogens is 386 g/mol. The Balaban J connectivity index is 1.62. The van der Waals surface area contributed by atoms with Crippen molar-refractivity contribution in [1.29, 1.82) is 0 Å². The molecule has 2 unspecified atom stereocenters. The molecule has 2 aromatic rings. The van der Waals surface area contributed by atoms with Crippen molar-refractivity contribution in [3.63, 3.8) is 0 Å². The highest BCUT2D eigenvalue weighted by atomic mass is 32.2. The molecule has 7 nitrogen and oxygen atoms in total. The molecule has 1 aromatic heterocycles. The van der Waals surface area contributed by atoms with E-state index < -0.39 is 0 Å². The van der Waals surface area contributed by atoms with Crippen LogP contribution in [-0.4, -0.2) is 75.1 Å². The largest absolute Gasteiger partial charge is 0.494 e. The zero-order valence-electron chi connectivity index (χ0n) is 17.4. The van der Waals surface area contributed by atoms with Gasteiger partial charge in [-0.25, -0.2) is 4.98 Å². The lowest BCUT2D eigenvalue weighted by Crippen LogP contribution is -2.50. The zero-order valence-corrected chi connectivity index (χ0v) is 18.2. The zero-order chi connectivity index (χ0) is 20.4. The maximum absolute atomic E-state index is 13.3. The number of rotatable bonds is 7. The third-order valence-corrected chi connectivity index (χ3v) is 6.88. The number of aryl methyl sites for hydroxylation is 1. The van der Waals surface area contributed by atoms with Crippen LogP contribution >= 0.6 is 11.8 Å². The van der Waals surface area contributed by atoms with E-state index in [4.69, 9.17) is 4.74 Å². The molecule has 0 saturated carbocycles. The second-order valence-corrected chi connectivity index (χ2v) is 8.48. The quantitative estimate of drug-likeness (QED) is 0.689. The smallest absolute Gasteiger partial charge is 0.264 e. The number of thioether (sulfide) groups is 1. The molecule has 156 valence electrons. The van der Waals surface area contributed by atoms with Gasteiger partial charge in [-0.05, 0) is 31.2 Å². The summed E-state index contributed by atoms with van der Waals surface area (Å²) in [6, 6.07) is 8.20. The minimum Gasteiger partial charge on any atom is -0.494 e. The molecule has 0 N–H and O–H groups in total. The summed E-state index contributed by atoms with van der Waals surface area (Å²) in [4.78, 5) is 22.7. The molecule has 0 radical (unpaired) electrons. The van der Waals surface area contributed by atoms with Crippen molar-refractivity contribution < 1.29 is 9.53 Å². The van der Waals surface area contributed by atoms with E-state index >= 15 is 0 Å². The molecule has 0 spiro atoms. The van der Waals surface area contributed by atoms with Crippen molar-refractivity contribution in [3.05, 3.63) is 35.7 Å². The number of carbonyl (C=O) groups is 1. The third kappa shape index (κ3) is 4.06. The van der Waals surface area contributed by atoms with Crippen LogP contribution in [0.4, 0.5) is 0 Å². The maximum Gasteiger partial charge on any atom is 0.264 e. The molecule has 29 heavy (non-hydrogen) atoms. The molecule has 1 saturated heterocycles. The number of piperazine rings is 1. The van der Waals surface area contributed by atoms with Crippen LogP contribution in [0.3, 0.4) is 0 Å². The van der Waals surface area contributed by atoms with E-state index in [0.717, 1.165) is 61.4 Å². The number of carbonyl (C=O) groups excluding carboxylic acids is 1. The lowest BCUT2D eigenvalue weighted by atomic mass is 9.99. The SMILES string of the molecule is CCOc1ccc(C(C2Sc3nc(CC)nn3C2=O)N2CCN(CC)CC2)cc1. The fourth-order valence-electron chi connectivity index (χ4n) is 4.05. The molecule has 2 aliphatic heterocycles. The topological polar surface area (TPSA) is 63.5 Å². The van der Waals surface area contributed by atoms with E-state index in [1.54, 1.807) is 11.8 Å². The van der Waals surface area contributed by atoms with Gasteiger partial charge in [0.25, 0.3) is 5.91 Å². The van der Waals surface area contributed by atoms with Gasteiger partial charge in [-0.2, -0.15) is 4.68 Å². The van der Waals surface area contributed by atoms with Crippen molar-refractivity contribution in [1.82, 2.24) is 24.6 Å². The average molecular weight is 416 g/mol. The van der Waals surface area contributed by atoms with Gasteiger partial charge in [0, 0.05) is 32.6 Å². The molecule has 1 fully saturated rings. The molecule has 0 aliphatic carbocycles. The van der Waals surface area contributed by atoms with Crippen LogP contribution in [0, 0.1) is 0 Å². The third-order valence-electron chi connectivity index (χ3n) is 5.69. The Morgan fingerprint density at radius 3 is 2.45 bits per heavy atom. The fraction of sp³-hybridized carbons (Fsp3) is 0.571. The second-order valence-electron chi connectivity index (χ2n) is 7.37. The number of ether oxygens (including phenoxy) is 1. The summed E-state index contributed by atoms with van der Waals surface area (Å²) in [7, 11) is 0. The van der Waals surface area contributed by atoms with Crippen molar-refractivity contribution in [2.45, 2.75) is 43.6 Å². The van der Waals surface area contributed by atoms with Gasteiger partial charge in [-0.15, -0.1) is 5.10 Å². The van der Waals surface area contributed by atoms with Crippen molar-refractivity contribution in [2.24, 2.45) is 0 Å². The normalized spacial score (nSPS) is 21.3. The lowest BCUT2D eigenvalue weighted by Gasteiger charge is -2.40. The van der Waals surface area contributed by atoms with Crippen LogP contribution in [0.15, 0.2) is 29.4 Å². The molecule has 2 aliphatic rings. The summed E-state index contributed by atoms with van der Waals surface area (Å²) in [5.41, 5.74) is 1.14. The minimum absolute atomic E-state index is 0.00393. The number of fused-ring (bicyclic) bond motifs is 1. The van der Waals surface area contributed by atoms with E-state index in [9.17, 15) is 4.79 Å². The van der Waals surface area contributed by atoms with Crippen LogP contribution in [0.5, 0.6) is 5.75 Å². The number of hydrogen-bond acceptors (Lipinski definition) is 7. The van der Waals surface area contributed by atoms with E-state index in [-0.39, 0.29) is 17.2 Å². The van der Waals surface area contributed by atoms with Gasteiger partial charge in [0.15, 0.2) is 11.0 Å². The number of likely N-dealkylation sites (N-methyl/N-ethyl adjacent to an activating group) is 1. The highest BCUT2D eigenvalue weighted by molar-refractivity contribution is 8.00. The predicted molar refractivity (Wildman–Crippen MR) is 114 cm³/mol. The average Bonchev–Trinajstić information content (AvgIpc) is 3.29. The minimum atomic E-state index is -0.234. The van der Waals surface area contributed by atoms with E-state index in [0.29, 0.717) is 6.61 Å². The summed E-state index contributed by atoms with van der Waals surface area (Å²) in [5.74, 6) is 1.63. The molecule has 8 heteroatoms. The Labute approximate surface area is 176 Å². The first-order valence-corrected chi connectivity index (χ1v) is 11.4. The Morgan fingerprint density at radius 1 is 1.14 bits per heavy atom. The molecule has 0 amide bonds. The maximum atomic E-state index is 13.3. The number of aromatic nitrogens is 3. The van der Waals surface area contributed by atoms with E-state index in [1.807, 2.05) is 26.0 Å². The summed E-state index contributed by atoms with van der Waals surface area (Å²) >= 11 is 1.55. The second kappa shape index (κ2) is 8.85. The summed E-state index contributed by atoms with van der Waals surface area (Å²) in [6.07, 6.45) is 0.736. The molecule has 1 aromatic carbocycles. The molecular formula is C21H29N5O2S. The van der Waals surface area contributed by atoms with Gasteiger partial charge >= 0.3 is 0 Å². The van der Waals surface area contributed by atoms with Crippen LogP contribution < -0.4 is 4.74 Å². The lowest BCUT2D eigenvalue weighted by molar-refractivity contribution is 0.0738. The van der Waals surface area contributed by atoms with Crippen molar-refractivity contribution in [3.8, 4) is 5.75 Å². The van der Waals surface area contributed by atoms with Crippen molar-refractivity contribution >= 4 is 17.7 Å². The van der Waals surface area contributed by atoms with Crippen LogP contribution in [0.2, 0.25) is 0 Å². The monoisotopic (exact) mass is 415 g/mol. The summed E-state index contributed by atoms with van der Waals surface area (Å²) in [6.45, 7) is 11.9. The van der Waals surface area contributed by atoms with E-state index in [1.165, 1.54) is 4.68 Å². The molecule has 0 bridgehead atoms. The Bertz CT molecular complexity index is 845. The van der Waals surface area contributed by atoms with Crippen LogP contribution in [0.1, 0.15) is 43.0 Å². The summed E-state index contributed by atoms with van der Waals surface area (Å²) < 4.78 is 7.12. The predicted octanol–water partition coefficient (Wildman–Crippen LogP) is 2.73. The molecule has 3 heterocycles. The highest BCUT2D eigenvalue weighted by Crippen LogP contribution is 2.41. The van der Waals surface area contributed by atoms with Gasteiger partial charge in [0.05, 0.1) is 12.6 Å². The number of hydrogen-bond donors (Lipinski definition) is 0. The van der Waals surface area contributed by atoms with Crippen LogP contribution in [0.25, 0.3) is 0 Å². The van der Waals surface area contributed by atoms with E-state index in [2.05, 4.69) is 38.9 Å². The molecule has 4 rings (SSSR count). The van der Waals surface area contributed by atoms with Gasteiger partial charge in [0.1, 0.15) is 11.0 Å².